The molecule has 5 atom stereocenters. The van der Waals surface area contributed by atoms with Crippen molar-refractivity contribution in [2.24, 2.45) is 0 Å². The number of ether oxygens (including phenoxy) is 2. The Morgan fingerprint density at radius 3 is 1.68 bits per heavy atom. The Balaban J connectivity index is 1.90. The van der Waals surface area contributed by atoms with E-state index in [4.69, 9.17) is 9.47 Å². The van der Waals surface area contributed by atoms with E-state index in [1.54, 1.807) is 6.92 Å². The zero-order valence-corrected chi connectivity index (χ0v) is 16.2. The van der Waals surface area contributed by atoms with Gasteiger partial charge >= 0.3 is 0 Å². The lowest BCUT2D eigenvalue weighted by Crippen LogP contribution is -2.57. The first-order valence-electron chi connectivity index (χ1n) is 10.4. The largest absolute Gasteiger partial charge is 0.388 e. The van der Waals surface area contributed by atoms with Gasteiger partial charge < -0.3 is 24.8 Å². The summed E-state index contributed by atoms with van der Waals surface area (Å²) in [6.07, 6.45) is 10.6. The van der Waals surface area contributed by atoms with Crippen molar-refractivity contribution in [3.8, 4) is 0 Å². The van der Waals surface area contributed by atoms with Crippen LogP contribution in [0.2, 0.25) is 0 Å². The monoisotopic (exact) mass is 360 g/mol. The summed E-state index contributed by atoms with van der Waals surface area (Å²) < 4.78 is 10.9. The Hall–Kier alpha value is -0.200. The van der Waals surface area contributed by atoms with E-state index in [1.807, 2.05) is 0 Å². The molecule has 0 aromatic carbocycles. The van der Waals surface area contributed by atoms with Crippen molar-refractivity contribution >= 4 is 0 Å². The van der Waals surface area contributed by atoms with Gasteiger partial charge in [0.25, 0.3) is 0 Å². The van der Waals surface area contributed by atoms with Gasteiger partial charge in [0.05, 0.1) is 6.10 Å². The normalized spacial score (nSPS) is 29.9. The molecule has 1 saturated heterocycles. The van der Waals surface area contributed by atoms with E-state index in [0.717, 1.165) is 12.8 Å². The summed E-state index contributed by atoms with van der Waals surface area (Å²) in [5, 5.41) is 29.2. The van der Waals surface area contributed by atoms with Crippen molar-refractivity contribution in [1.29, 1.82) is 0 Å². The van der Waals surface area contributed by atoms with Crippen LogP contribution in [0.5, 0.6) is 0 Å². The predicted molar refractivity (Wildman–Crippen MR) is 99.4 cm³/mol. The molecule has 1 unspecified atom stereocenters. The van der Waals surface area contributed by atoms with Gasteiger partial charge in [-0.15, -0.1) is 0 Å². The van der Waals surface area contributed by atoms with Crippen LogP contribution in [0.4, 0.5) is 0 Å². The molecule has 0 aromatic rings. The summed E-state index contributed by atoms with van der Waals surface area (Å²) >= 11 is 0. The number of aliphatic hydroxyl groups is 3. The number of hydrogen-bond acceptors (Lipinski definition) is 5. The lowest BCUT2D eigenvalue weighted by atomic mass is 10.00. The smallest absolute Gasteiger partial charge is 0.186 e. The maximum absolute atomic E-state index is 9.86. The van der Waals surface area contributed by atoms with Gasteiger partial charge in [0, 0.05) is 6.61 Å². The third-order valence-electron chi connectivity index (χ3n) is 5.09. The van der Waals surface area contributed by atoms with E-state index in [1.165, 1.54) is 64.2 Å². The van der Waals surface area contributed by atoms with Crippen molar-refractivity contribution in [2.75, 3.05) is 6.61 Å². The van der Waals surface area contributed by atoms with Crippen LogP contribution in [0, 0.1) is 0 Å². The van der Waals surface area contributed by atoms with E-state index in [0.29, 0.717) is 6.61 Å². The summed E-state index contributed by atoms with van der Waals surface area (Å²) in [5.41, 5.74) is 0. The second kappa shape index (κ2) is 13.9. The molecule has 1 aliphatic heterocycles. The maximum atomic E-state index is 9.86. The molecule has 0 bridgehead atoms. The highest BCUT2D eigenvalue weighted by molar-refractivity contribution is 4.87. The summed E-state index contributed by atoms with van der Waals surface area (Å²) in [6, 6.07) is 0. The van der Waals surface area contributed by atoms with Crippen LogP contribution >= 0.6 is 0 Å². The lowest BCUT2D eigenvalue weighted by molar-refractivity contribution is -0.293. The first kappa shape index (κ1) is 22.8. The zero-order chi connectivity index (χ0) is 18.5. The van der Waals surface area contributed by atoms with Gasteiger partial charge in [0.1, 0.15) is 18.3 Å². The van der Waals surface area contributed by atoms with Crippen LogP contribution in [0.15, 0.2) is 0 Å². The van der Waals surface area contributed by atoms with Gasteiger partial charge in [-0.25, -0.2) is 0 Å². The molecule has 1 aliphatic rings. The van der Waals surface area contributed by atoms with Crippen LogP contribution in [-0.2, 0) is 9.47 Å². The first-order chi connectivity index (χ1) is 12.1. The minimum Gasteiger partial charge on any atom is -0.388 e. The average Bonchev–Trinajstić information content (AvgIpc) is 2.61. The Labute approximate surface area is 153 Å². The SMILES string of the molecule is CCCCCCCCCCCCCCOC1O[C@@H](C)[C@H](O)[C@@H](O)[C@H]1O. The van der Waals surface area contributed by atoms with Gasteiger partial charge in [-0.1, -0.05) is 77.6 Å². The molecule has 5 heteroatoms. The minimum atomic E-state index is -1.21. The molecule has 25 heavy (non-hydrogen) atoms. The zero-order valence-electron chi connectivity index (χ0n) is 16.2. The number of aliphatic hydroxyl groups excluding tert-OH is 3. The molecule has 0 saturated carbocycles. The molecule has 0 radical (unpaired) electrons. The molecule has 0 amide bonds. The second-order valence-corrected chi connectivity index (χ2v) is 7.44. The fourth-order valence-corrected chi connectivity index (χ4v) is 3.29. The van der Waals surface area contributed by atoms with Crippen LogP contribution in [0.1, 0.15) is 90.9 Å². The average molecular weight is 361 g/mol. The van der Waals surface area contributed by atoms with Gasteiger partial charge in [0.2, 0.25) is 0 Å². The van der Waals surface area contributed by atoms with Gasteiger partial charge in [-0.3, -0.25) is 0 Å². The summed E-state index contributed by atoms with van der Waals surface area (Å²) in [4.78, 5) is 0. The van der Waals surface area contributed by atoms with Crippen LogP contribution in [0.25, 0.3) is 0 Å². The first-order valence-corrected chi connectivity index (χ1v) is 10.4. The van der Waals surface area contributed by atoms with Crippen LogP contribution in [-0.4, -0.2) is 52.6 Å². The molecule has 1 heterocycles. The third kappa shape index (κ3) is 9.34. The highest BCUT2D eigenvalue weighted by Crippen LogP contribution is 2.22. The van der Waals surface area contributed by atoms with Crippen molar-refractivity contribution in [3.05, 3.63) is 0 Å². The molecule has 1 rings (SSSR count). The van der Waals surface area contributed by atoms with Crippen LogP contribution in [0.3, 0.4) is 0 Å². The Bertz CT molecular complexity index is 312. The van der Waals surface area contributed by atoms with Crippen molar-refractivity contribution in [3.63, 3.8) is 0 Å². The maximum Gasteiger partial charge on any atom is 0.186 e. The van der Waals surface area contributed by atoms with E-state index < -0.39 is 30.7 Å². The minimum absolute atomic E-state index is 0.509. The van der Waals surface area contributed by atoms with E-state index in [9.17, 15) is 15.3 Å². The molecule has 0 aliphatic carbocycles. The topological polar surface area (TPSA) is 79.2 Å². The van der Waals surface area contributed by atoms with Gasteiger partial charge in [-0.05, 0) is 13.3 Å². The van der Waals surface area contributed by atoms with Gasteiger partial charge in [-0.2, -0.15) is 0 Å². The highest BCUT2D eigenvalue weighted by Gasteiger charge is 2.42. The molecule has 3 N–H and O–H groups in total. The molecule has 1 fully saturated rings. The number of unbranched alkanes of at least 4 members (excludes halogenated alkanes) is 11. The summed E-state index contributed by atoms with van der Waals surface area (Å²) in [5.74, 6) is 0. The standard InChI is InChI=1S/C20H40O5/c1-3-4-5-6-7-8-9-10-11-12-13-14-15-24-20-19(23)18(22)17(21)16(2)25-20/h16-23H,3-15H2,1-2H3/t16-,17-,18+,19+,20?/m0/s1. The third-order valence-corrected chi connectivity index (χ3v) is 5.09. The van der Waals surface area contributed by atoms with Crippen molar-refractivity contribution < 1.29 is 24.8 Å². The molecule has 0 aromatic heterocycles. The molecular formula is C20H40O5. The quantitative estimate of drug-likeness (QED) is 0.413. The number of rotatable bonds is 14. The molecule has 150 valence electrons. The second-order valence-electron chi connectivity index (χ2n) is 7.44. The van der Waals surface area contributed by atoms with Gasteiger partial charge in [0.15, 0.2) is 6.29 Å². The lowest BCUT2D eigenvalue weighted by Gasteiger charge is -2.38. The predicted octanol–water partition coefficient (Wildman–Crippen LogP) is 3.53. The highest BCUT2D eigenvalue weighted by atomic mass is 16.7. The number of hydrogen-bond donors (Lipinski definition) is 3. The van der Waals surface area contributed by atoms with E-state index in [2.05, 4.69) is 6.92 Å². The molecular weight excluding hydrogens is 320 g/mol. The molecule has 5 nitrogen and oxygen atoms in total. The van der Waals surface area contributed by atoms with Crippen molar-refractivity contribution in [1.82, 2.24) is 0 Å². The summed E-state index contributed by atoms with van der Waals surface area (Å²) in [6.45, 7) is 4.43. The Kier molecular flexibility index (Phi) is 12.7. The fraction of sp³-hybridized carbons (Fsp3) is 1.00. The fourth-order valence-electron chi connectivity index (χ4n) is 3.29. The Morgan fingerprint density at radius 2 is 1.16 bits per heavy atom. The Morgan fingerprint density at radius 1 is 0.680 bits per heavy atom. The van der Waals surface area contributed by atoms with Crippen molar-refractivity contribution in [2.45, 2.75) is 122 Å². The summed E-state index contributed by atoms with van der Waals surface area (Å²) in [7, 11) is 0. The van der Waals surface area contributed by atoms with E-state index >= 15 is 0 Å². The molecule has 0 spiro atoms. The van der Waals surface area contributed by atoms with E-state index in [-0.39, 0.29) is 0 Å². The van der Waals surface area contributed by atoms with Crippen LogP contribution < -0.4 is 0 Å².